The van der Waals surface area contributed by atoms with Crippen molar-refractivity contribution in [1.29, 1.82) is 0 Å². The SMILES string of the molecule is CC(C)C(C)C(=O)N1CCC2(CO)CCCC12. The normalized spacial score (nSPS) is 34.2. The molecule has 1 aliphatic heterocycles. The molecule has 3 heteroatoms. The summed E-state index contributed by atoms with van der Waals surface area (Å²) < 4.78 is 0. The number of aliphatic hydroxyl groups is 1. The molecule has 0 radical (unpaired) electrons. The molecular formula is C14H25NO2. The van der Waals surface area contributed by atoms with Crippen molar-refractivity contribution < 1.29 is 9.90 Å². The van der Waals surface area contributed by atoms with E-state index in [0.717, 1.165) is 32.2 Å². The summed E-state index contributed by atoms with van der Waals surface area (Å²) >= 11 is 0. The first kappa shape index (κ1) is 12.9. The molecular weight excluding hydrogens is 214 g/mol. The molecule has 17 heavy (non-hydrogen) atoms. The van der Waals surface area contributed by atoms with Crippen LogP contribution in [0.25, 0.3) is 0 Å². The number of aliphatic hydroxyl groups excluding tert-OH is 1. The van der Waals surface area contributed by atoms with Gasteiger partial charge in [-0.1, -0.05) is 27.2 Å². The molecule has 0 spiro atoms. The summed E-state index contributed by atoms with van der Waals surface area (Å²) in [7, 11) is 0. The largest absolute Gasteiger partial charge is 0.396 e. The third-order valence-electron chi connectivity index (χ3n) is 5.07. The lowest BCUT2D eigenvalue weighted by Crippen LogP contribution is -2.44. The molecule has 0 aromatic heterocycles. The molecule has 3 unspecified atom stereocenters. The number of hydrogen-bond donors (Lipinski definition) is 1. The summed E-state index contributed by atoms with van der Waals surface area (Å²) in [5, 5.41) is 9.64. The Labute approximate surface area is 104 Å². The fourth-order valence-electron chi connectivity index (χ4n) is 3.47. The zero-order valence-corrected chi connectivity index (χ0v) is 11.3. The number of hydrogen-bond acceptors (Lipinski definition) is 2. The van der Waals surface area contributed by atoms with E-state index in [2.05, 4.69) is 18.7 Å². The number of fused-ring (bicyclic) bond motifs is 1. The van der Waals surface area contributed by atoms with Crippen LogP contribution in [0.3, 0.4) is 0 Å². The van der Waals surface area contributed by atoms with Gasteiger partial charge in [0, 0.05) is 23.9 Å². The summed E-state index contributed by atoms with van der Waals surface area (Å²) in [6.07, 6.45) is 4.32. The van der Waals surface area contributed by atoms with Gasteiger partial charge >= 0.3 is 0 Å². The molecule has 0 aromatic carbocycles. The Morgan fingerprint density at radius 2 is 2.12 bits per heavy atom. The molecule has 1 heterocycles. The van der Waals surface area contributed by atoms with Crippen molar-refractivity contribution in [3.05, 3.63) is 0 Å². The molecule has 2 fully saturated rings. The Morgan fingerprint density at radius 1 is 1.41 bits per heavy atom. The molecule has 3 nitrogen and oxygen atoms in total. The van der Waals surface area contributed by atoms with E-state index in [1.807, 2.05) is 6.92 Å². The smallest absolute Gasteiger partial charge is 0.225 e. The predicted molar refractivity (Wildman–Crippen MR) is 67.5 cm³/mol. The van der Waals surface area contributed by atoms with Crippen LogP contribution in [0.5, 0.6) is 0 Å². The van der Waals surface area contributed by atoms with Crippen LogP contribution in [-0.4, -0.2) is 35.1 Å². The van der Waals surface area contributed by atoms with E-state index in [0.29, 0.717) is 17.9 Å². The van der Waals surface area contributed by atoms with Crippen LogP contribution in [0.1, 0.15) is 46.5 Å². The number of amides is 1. The second-order valence-electron chi connectivity index (χ2n) is 6.24. The molecule has 3 atom stereocenters. The standard InChI is InChI=1S/C14H25NO2/c1-10(2)11(3)13(17)15-8-7-14(9-16)6-4-5-12(14)15/h10-12,16H,4-9H2,1-3H3. The van der Waals surface area contributed by atoms with Crippen molar-refractivity contribution in [1.82, 2.24) is 4.90 Å². The molecule has 1 aliphatic carbocycles. The predicted octanol–water partition coefficient (Wildman–Crippen LogP) is 2.04. The molecule has 1 saturated carbocycles. The number of carbonyl (C=O) groups excluding carboxylic acids is 1. The second-order valence-corrected chi connectivity index (χ2v) is 6.24. The number of rotatable bonds is 3. The molecule has 1 amide bonds. The average molecular weight is 239 g/mol. The lowest BCUT2D eigenvalue weighted by molar-refractivity contribution is -0.138. The summed E-state index contributed by atoms with van der Waals surface area (Å²) in [4.78, 5) is 14.5. The van der Waals surface area contributed by atoms with Gasteiger partial charge in [-0.3, -0.25) is 4.79 Å². The Morgan fingerprint density at radius 3 is 2.71 bits per heavy atom. The van der Waals surface area contributed by atoms with E-state index in [-0.39, 0.29) is 17.9 Å². The Bertz CT molecular complexity index is 303. The van der Waals surface area contributed by atoms with Crippen molar-refractivity contribution >= 4 is 5.91 Å². The second kappa shape index (κ2) is 4.60. The number of carbonyl (C=O) groups is 1. The van der Waals surface area contributed by atoms with Crippen LogP contribution in [0.2, 0.25) is 0 Å². The Hall–Kier alpha value is -0.570. The summed E-state index contributed by atoms with van der Waals surface area (Å²) in [5.74, 6) is 0.792. The lowest BCUT2D eigenvalue weighted by atomic mass is 9.83. The van der Waals surface area contributed by atoms with Gasteiger partial charge in [0.05, 0.1) is 6.61 Å². The quantitative estimate of drug-likeness (QED) is 0.819. The van der Waals surface area contributed by atoms with E-state index in [9.17, 15) is 9.90 Å². The van der Waals surface area contributed by atoms with Crippen LogP contribution >= 0.6 is 0 Å². The number of nitrogens with zero attached hydrogens (tertiary/aromatic N) is 1. The Kier molecular flexibility index (Phi) is 3.48. The highest BCUT2D eigenvalue weighted by atomic mass is 16.3. The maximum atomic E-state index is 12.4. The minimum atomic E-state index is 0.0341. The van der Waals surface area contributed by atoms with Crippen molar-refractivity contribution in [3.8, 4) is 0 Å². The minimum Gasteiger partial charge on any atom is -0.396 e. The highest BCUT2D eigenvalue weighted by Crippen LogP contribution is 2.48. The van der Waals surface area contributed by atoms with Crippen molar-refractivity contribution in [2.75, 3.05) is 13.2 Å². The molecule has 2 aliphatic rings. The van der Waals surface area contributed by atoms with Gasteiger partial charge in [0.2, 0.25) is 5.91 Å². The first-order valence-electron chi connectivity index (χ1n) is 6.93. The highest BCUT2D eigenvalue weighted by Gasteiger charge is 2.51. The van der Waals surface area contributed by atoms with Crippen LogP contribution in [-0.2, 0) is 4.79 Å². The van der Waals surface area contributed by atoms with E-state index < -0.39 is 0 Å². The molecule has 98 valence electrons. The fraction of sp³-hybridized carbons (Fsp3) is 0.929. The first-order valence-corrected chi connectivity index (χ1v) is 6.93. The third-order valence-corrected chi connectivity index (χ3v) is 5.07. The van der Waals surface area contributed by atoms with Gasteiger partial charge in [-0.25, -0.2) is 0 Å². The van der Waals surface area contributed by atoms with Crippen LogP contribution < -0.4 is 0 Å². The van der Waals surface area contributed by atoms with Crippen LogP contribution in [0, 0.1) is 17.3 Å². The molecule has 1 N–H and O–H groups in total. The molecule has 0 aromatic rings. The van der Waals surface area contributed by atoms with E-state index in [1.54, 1.807) is 0 Å². The van der Waals surface area contributed by atoms with Gasteiger partial charge < -0.3 is 10.0 Å². The molecule has 1 saturated heterocycles. The van der Waals surface area contributed by atoms with Crippen molar-refractivity contribution in [2.24, 2.45) is 17.3 Å². The third kappa shape index (κ3) is 1.99. The zero-order chi connectivity index (χ0) is 12.6. The van der Waals surface area contributed by atoms with Gasteiger partial charge in [0.25, 0.3) is 0 Å². The van der Waals surface area contributed by atoms with Gasteiger partial charge in [-0.05, 0) is 25.2 Å². The molecule has 0 bridgehead atoms. The van der Waals surface area contributed by atoms with E-state index >= 15 is 0 Å². The number of likely N-dealkylation sites (tertiary alicyclic amines) is 1. The van der Waals surface area contributed by atoms with Gasteiger partial charge in [0.15, 0.2) is 0 Å². The molecule has 2 rings (SSSR count). The highest BCUT2D eigenvalue weighted by molar-refractivity contribution is 5.79. The topological polar surface area (TPSA) is 40.5 Å². The van der Waals surface area contributed by atoms with Gasteiger partial charge in [-0.15, -0.1) is 0 Å². The van der Waals surface area contributed by atoms with Gasteiger partial charge in [0.1, 0.15) is 0 Å². The zero-order valence-electron chi connectivity index (χ0n) is 11.3. The fourth-order valence-corrected chi connectivity index (χ4v) is 3.47. The summed E-state index contributed by atoms with van der Waals surface area (Å²) in [5.41, 5.74) is 0.0341. The van der Waals surface area contributed by atoms with E-state index in [1.165, 1.54) is 0 Å². The maximum absolute atomic E-state index is 12.4. The van der Waals surface area contributed by atoms with E-state index in [4.69, 9.17) is 0 Å². The first-order chi connectivity index (χ1) is 8.02. The summed E-state index contributed by atoms with van der Waals surface area (Å²) in [6, 6.07) is 0.307. The van der Waals surface area contributed by atoms with Crippen LogP contribution in [0.4, 0.5) is 0 Å². The van der Waals surface area contributed by atoms with Crippen molar-refractivity contribution in [2.45, 2.75) is 52.5 Å². The average Bonchev–Trinajstić information content (AvgIpc) is 2.85. The lowest BCUT2D eigenvalue weighted by Gasteiger charge is -2.32. The monoisotopic (exact) mass is 239 g/mol. The Balaban J connectivity index is 2.11. The van der Waals surface area contributed by atoms with Gasteiger partial charge in [-0.2, -0.15) is 0 Å². The maximum Gasteiger partial charge on any atom is 0.225 e. The van der Waals surface area contributed by atoms with Crippen LogP contribution in [0.15, 0.2) is 0 Å². The van der Waals surface area contributed by atoms with Crippen molar-refractivity contribution in [3.63, 3.8) is 0 Å². The summed E-state index contributed by atoms with van der Waals surface area (Å²) in [6.45, 7) is 7.33. The minimum absolute atomic E-state index is 0.0341.